The average molecular weight is 194 g/mol. The molecule has 4 heteroatoms. The highest BCUT2D eigenvalue weighted by Gasteiger charge is 2.42. The molecule has 0 saturated heterocycles. The zero-order valence-electron chi connectivity index (χ0n) is 6.87. The Labute approximate surface area is 78.4 Å². The van der Waals surface area contributed by atoms with E-state index in [4.69, 9.17) is 0 Å². The number of ketones is 3. The van der Waals surface area contributed by atoms with Gasteiger partial charge in [-0.25, -0.2) is 0 Å². The van der Waals surface area contributed by atoms with Crippen LogP contribution in [0.4, 0.5) is 0 Å². The van der Waals surface area contributed by atoms with E-state index >= 15 is 0 Å². The Morgan fingerprint density at radius 1 is 1.38 bits per heavy atom. The predicted octanol–water partition coefficient (Wildman–Crippen LogP) is 1.33. The lowest BCUT2D eigenvalue weighted by atomic mass is 10.0. The summed E-state index contributed by atoms with van der Waals surface area (Å²) in [6.45, 7) is 1.27. The normalized spacial score (nSPS) is 20.5. The fraction of sp³-hybridized carbons (Fsp3) is 0.222. The van der Waals surface area contributed by atoms with Crippen molar-refractivity contribution >= 4 is 28.7 Å². The summed E-state index contributed by atoms with van der Waals surface area (Å²) >= 11 is 1.22. The van der Waals surface area contributed by atoms with Gasteiger partial charge in [0.2, 0.25) is 0 Å². The van der Waals surface area contributed by atoms with Gasteiger partial charge in [0.05, 0.1) is 4.88 Å². The first-order valence-corrected chi connectivity index (χ1v) is 4.67. The van der Waals surface area contributed by atoms with Crippen molar-refractivity contribution in [1.82, 2.24) is 0 Å². The van der Waals surface area contributed by atoms with Crippen molar-refractivity contribution in [3.8, 4) is 0 Å². The van der Waals surface area contributed by atoms with Gasteiger partial charge in [0.1, 0.15) is 11.7 Å². The number of carbonyl (C=O) groups excluding carboxylic acids is 3. The van der Waals surface area contributed by atoms with E-state index in [1.165, 1.54) is 18.3 Å². The van der Waals surface area contributed by atoms with E-state index in [-0.39, 0.29) is 17.3 Å². The maximum atomic E-state index is 11.5. The topological polar surface area (TPSA) is 51.2 Å². The molecule has 0 amide bonds. The van der Waals surface area contributed by atoms with Crippen molar-refractivity contribution < 1.29 is 14.4 Å². The Morgan fingerprint density at radius 3 is 2.62 bits per heavy atom. The molecule has 1 aliphatic carbocycles. The third kappa shape index (κ3) is 0.986. The lowest BCUT2D eigenvalue weighted by molar-refractivity contribution is -0.118. The highest BCUT2D eigenvalue weighted by Crippen LogP contribution is 2.31. The maximum Gasteiger partial charge on any atom is 0.191 e. The van der Waals surface area contributed by atoms with Gasteiger partial charge in [-0.1, -0.05) is 0 Å². The van der Waals surface area contributed by atoms with Gasteiger partial charge in [0.15, 0.2) is 11.6 Å². The molecule has 0 saturated carbocycles. The molecule has 13 heavy (non-hydrogen) atoms. The third-order valence-corrected chi connectivity index (χ3v) is 3.01. The van der Waals surface area contributed by atoms with Crippen LogP contribution in [-0.2, 0) is 4.79 Å². The van der Waals surface area contributed by atoms with Crippen molar-refractivity contribution in [2.75, 3.05) is 0 Å². The first-order chi connectivity index (χ1) is 6.13. The highest BCUT2D eigenvalue weighted by atomic mass is 32.1. The number of thiophene rings is 1. The molecule has 1 aromatic rings. The molecule has 1 atom stereocenters. The average Bonchev–Trinajstić information content (AvgIpc) is 2.56. The molecule has 1 aliphatic rings. The first-order valence-electron chi connectivity index (χ1n) is 3.79. The largest absolute Gasteiger partial charge is 0.299 e. The number of hydrogen-bond donors (Lipinski definition) is 0. The predicted molar refractivity (Wildman–Crippen MR) is 47.2 cm³/mol. The number of carbonyl (C=O) groups is 3. The van der Waals surface area contributed by atoms with Crippen molar-refractivity contribution in [3.05, 3.63) is 21.9 Å². The lowest BCUT2D eigenvalue weighted by Crippen LogP contribution is -2.22. The van der Waals surface area contributed by atoms with Crippen LogP contribution in [0.1, 0.15) is 27.0 Å². The second-order valence-electron chi connectivity index (χ2n) is 2.94. The van der Waals surface area contributed by atoms with Crippen molar-refractivity contribution in [3.63, 3.8) is 0 Å². The zero-order chi connectivity index (χ0) is 9.59. The maximum absolute atomic E-state index is 11.5. The van der Waals surface area contributed by atoms with Crippen molar-refractivity contribution in [2.45, 2.75) is 6.92 Å². The Balaban J connectivity index is 2.55. The van der Waals surface area contributed by atoms with E-state index < -0.39 is 5.92 Å². The molecule has 1 heterocycles. The van der Waals surface area contributed by atoms with Gasteiger partial charge in [-0.15, -0.1) is 11.3 Å². The van der Waals surface area contributed by atoms with E-state index in [1.54, 1.807) is 11.4 Å². The molecule has 0 aliphatic heterocycles. The summed E-state index contributed by atoms with van der Waals surface area (Å²) in [6.07, 6.45) is 0. The van der Waals surface area contributed by atoms with Gasteiger partial charge in [-0.3, -0.25) is 14.4 Å². The number of hydrogen-bond acceptors (Lipinski definition) is 4. The van der Waals surface area contributed by atoms with Gasteiger partial charge in [-0.05, 0) is 18.4 Å². The molecular formula is C9H6O3S. The lowest BCUT2D eigenvalue weighted by Gasteiger charge is -1.99. The molecule has 1 unspecified atom stereocenters. The molecule has 0 radical (unpaired) electrons. The molecule has 0 fully saturated rings. The zero-order valence-corrected chi connectivity index (χ0v) is 7.68. The molecule has 66 valence electrons. The fourth-order valence-corrected chi connectivity index (χ4v) is 2.34. The highest BCUT2D eigenvalue weighted by molar-refractivity contribution is 7.13. The van der Waals surface area contributed by atoms with Crippen molar-refractivity contribution in [1.29, 1.82) is 0 Å². The van der Waals surface area contributed by atoms with E-state index in [0.29, 0.717) is 10.4 Å². The Bertz CT molecular complexity index is 386. The van der Waals surface area contributed by atoms with Crippen LogP contribution < -0.4 is 0 Å². The van der Waals surface area contributed by atoms with Crippen LogP contribution in [-0.4, -0.2) is 17.3 Å². The third-order valence-electron chi connectivity index (χ3n) is 2.09. The second-order valence-corrected chi connectivity index (χ2v) is 3.85. The minimum atomic E-state index is -1.05. The molecule has 0 aromatic carbocycles. The Kier molecular flexibility index (Phi) is 1.66. The van der Waals surface area contributed by atoms with E-state index in [0.717, 1.165) is 0 Å². The summed E-state index contributed by atoms with van der Waals surface area (Å²) in [4.78, 5) is 34.4. The van der Waals surface area contributed by atoms with Crippen LogP contribution in [0, 0.1) is 5.92 Å². The molecule has 0 N–H and O–H groups in total. The van der Waals surface area contributed by atoms with Gasteiger partial charge in [-0.2, -0.15) is 0 Å². The summed E-state index contributed by atoms with van der Waals surface area (Å²) < 4.78 is 0. The van der Waals surface area contributed by atoms with Crippen LogP contribution >= 0.6 is 11.3 Å². The van der Waals surface area contributed by atoms with Crippen LogP contribution in [0.3, 0.4) is 0 Å². The molecular weight excluding hydrogens is 188 g/mol. The molecule has 2 rings (SSSR count). The number of fused-ring (bicyclic) bond motifs is 1. The summed E-state index contributed by atoms with van der Waals surface area (Å²) in [5, 5.41) is 1.69. The minimum absolute atomic E-state index is 0.331. The van der Waals surface area contributed by atoms with Gasteiger partial charge in [0, 0.05) is 5.56 Å². The molecule has 0 spiro atoms. The molecule has 3 nitrogen and oxygen atoms in total. The monoisotopic (exact) mass is 194 g/mol. The summed E-state index contributed by atoms with van der Waals surface area (Å²) in [5.41, 5.74) is 0.412. The smallest absolute Gasteiger partial charge is 0.191 e. The summed E-state index contributed by atoms with van der Waals surface area (Å²) in [6, 6.07) is 1.60. The van der Waals surface area contributed by atoms with Crippen LogP contribution in [0.15, 0.2) is 11.4 Å². The molecule has 0 bridgehead atoms. The second kappa shape index (κ2) is 2.60. The quantitative estimate of drug-likeness (QED) is 0.634. The van der Waals surface area contributed by atoms with Crippen LogP contribution in [0.2, 0.25) is 0 Å². The fourth-order valence-electron chi connectivity index (χ4n) is 1.47. The number of Topliss-reactive ketones (excluding diaryl/α,β-unsaturated/α-hetero) is 3. The molecule has 1 aromatic heterocycles. The van der Waals surface area contributed by atoms with E-state index in [1.807, 2.05) is 0 Å². The summed E-state index contributed by atoms with van der Waals surface area (Å²) in [7, 11) is 0. The van der Waals surface area contributed by atoms with Gasteiger partial charge >= 0.3 is 0 Å². The first kappa shape index (κ1) is 8.31. The SMILES string of the molecule is CC(=O)C1C(=O)c2ccsc2C1=O. The standard InChI is InChI=1S/C9H6O3S/c1-4(10)6-7(11)5-2-3-13-9(5)8(6)12/h2-3,6H,1H3. The van der Waals surface area contributed by atoms with E-state index in [2.05, 4.69) is 0 Å². The number of rotatable bonds is 1. The van der Waals surface area contributed by atoms with Gasteiger partial charge in [0.25, 0.3) is 0 Å². The van der Waals surface area contributed by atoms with Crippen LogP contribution in [0.25, 0.3) is 0 Å². The van der Waals surface area contributed by atoms with Crippen molar-refractivity contribution in [2.24, 2.45) is 5.92 Å². The van der Waals surface area contributed by atoms with Gasteiger partial charge < -0.3 is 0 Å². The summed E-state index contributed by atoms with van der Waals surface area (Å²) in [5.74, 6) is -2.09. The minimum Gasteiger partial charge on any atom is -0.299 e. The van der Waals surface area contributed by atoms with Crippen LogP contribution in [0.5, 0.6) is 0 Å². The Hall–Kier alpha value is -1.29. The Morgan fingerprint density at radius 2 is 2.08 bits per heavy atom. The van der Waals surface area contributed by atoms with E-state index in [9.17, 15) is 14.4 Å².